The van der Waals surface area contributed by atoms with Crippen molar-refractivity contribution in [1.82, 2.24) is 14.8 Å². The topological polar surface area (TPSA) is 71.4 Å². The van der Waals surface area contributed by atoms with Gasteiger partial charge in [-0.15, -0.1) is 11.3 Å². The molecule has 1 saturated carbocycles. The first-order valence-corrected chi connectivity index (χ1v) is 11.2. The number of carbonyl (C=O) groups is 2. The lowest BCUT2D eigenvalue weighted by molar-refractivity contribution is 0.0770. The molecule has 0 spiro atoms. The van der Waals surface area contributed by atoms with E-state index in [-0.39, 0.29) is 29.6 Å². The smallest absolute Gasteiger partial charge is 0.259 e. The van der Waals surface area contributed by atoms with E-state index in [9.17, 15) is 14.4 Å². The molecule has 0 radical (unpaired) electrons. The Labute approximate surface area is 179 Å². The van der Waals surface area contributed by atoms with E-state index in [0.717, 1.165) is 30.6 Å². The second-order valence-electron chi connectivity index (χ2n) is 7.17. The van der Waals surface area contributed by atoms with E-state index < -0.39 is 11.3 Å². The number of hydrogen-bond donors (Lipinski definition) is 1. The quantitative estimate of drug-likeness (QED) is 0.711. The third-order valence-electron chi connectivity index (χ3n) is 5.37. The highest BCUT2D eigenvalue weighted by Crippen LogP contribution is 2.29. The number of aromatic nitrogens is 1. The van der Waals surface area contributed by atoms with E-state index in [1.165, 1.54) is 11.3 Å². The van der Waals surface area contributed by atoms with Crippen molar-refractivity contribution in [1.29, 1.82) is 0 Å². The highest BCUT2D eigenvalue weighted by Gasteiger charge is 2.25. The van der Waals surface area contributed by atoms with Crippen LogP contribution in [-0.2, 0) is 6.54 Å². The number of carbonyl (C=O) groups excluding carboxylic acids is 2. The van der Waals surface area contributed by atoms with Crippen molar-refractivity contribution in [3.8, 4) is 0 Å². The van der Waals surface area contributed by atoms with Gasteiger partial charge in [0.05, 0.1) is 10.9 Å². The number of amides is 2. The second kappa shape index (κ2) is 9.59. The van der Waals surface area contributed by atoms with Crippen LogP contribution in [0.2, 0.25) is 4.34 Å². The Bertz CT molecular complexity index is 943. The first-order valence-electron chi connectivity index (χ1n) is 10.0. The van der Waals surface area contributed by atoms with Crippen LogP contribution in [0.4, 0.5) is 0 Å². The van der Waals surface area contributed by atoms with Crippen LogP contribution < -0.4 is 10.7 Å². The molecule has 8 heteroatoms. The van der Waals surface area contributed by atoms with Crippen LogP contribution in [0.1, 0.15) is 71.2 Å². The summed E-state index contributed by atoms with van der Waals surface area (Å²) in [5, 5.41) is 2.79. The van der Waals surface area contributed by atoms with Crippen molar-refractivity contribution in [3.63, 3.8) is 0 Å². The zero-order chi connectivity index (χ0) is 21.0. The molecular weight excluding hydrogens is 410 g/mol. The molecule has 0 atom stereocenters. The Morgan fingerprint density at radius 3 is 2.41 bits per heavy atom. The molecular formula is C21H26ClN3O3S. The maximum absolute atomic E-state index is 13.0. The first-order chi connectivity index (χ1) is 13.9. The number of rotatable bonds is 7. The van der Waals surface area contributed by atoms with Gasteiger partial charge in [0, 0.05) is 36.4 Å². The summed E-state index contributed by atoms with van der Waals surface area (Å²) in [6, 6.07) is 3.82. The lowest BCUT2D eigenvalue weighted by Crippen LogP contribution is -2.37. The number of hydrogen-bond acceptors (Lipinski definition) is 4. The third kappa shape index (κ3) is 4.90. The molecule has 156 valence electrons. The Balaban J connectivity index is 1.94. The highest BCUT2D eigenvalue weighted by molar-refractivity contribution is 7.16. The monoisotopic (exact) mass is 435 g/mol. The van der Waals surface area contributed by atoms with Crippen LogP contribution in [0, 0.1) is 0 Å². The molecule has 2 aromatic rings. The summed E-state index contributed by atoms with van der Waals surface area (Å²) in [6.07, 6.45) is 7.42. The third-order valence-corrected chi connectivity index (χ3v) is 6.60. The molecule has 2 aromatic heterocycles. The lowest BCUT2D eigenvalue weighted by atomic mass is 10.1. The van der Waals surface area contributed by atoms with Gasteiger partial charge in [0.15, 0.2) is 0 Å². The molecule has 2 heterocycles. The van der Waals surface area contributed by atoms with Gasteiger partial charge in [-0.2, -0.15) is 0 Å². The van der Waals surface area contributed by atoms with E-state index in [1.54, 1.807) is 23.4 Å². The highest BCUT2D eigenvalue weighted by atomic mass is 35.5. The van der Waals surface area contributed by atoms with Gasteiger partial charge in [-0.25, -0.2) is 0 Å². The minimum Gasteiger partial charge on any atom is -0.349 e. The van der Waals surface area contributed by atoms with Gasteiger partial charge < -0.3 is 14.8 Å². The van der Waals surface area contributed by atoms with Gasteiger partial charge in [0.25, 0.3) is 11.8 Å². The number of thiophene rings is 1. The van der Waals surface area contributed by atoms with Crippen LogP contribution in [0.3, 0.4) is 0 Å². The summed E-state index contributed by atoms with van der Waals surface area (Å²) < 4.78 is 2.53. The van der Waals surface area contributed by atoms with Crippen molar-refractivity contribution >= 4 is 34.8 Å². The van der Waals surface area contributed by atoms with Gasteiger partial charge in [0.2, 0.25) is 5.43 Å². The van der Waals surface area contributed by atoms with Crippen molar-refractivity contribution in [3.05, 3.63) is 55.1 Å². The molecule has 1 N–H and O–H groups in total. The fraction of sp³-hybridized carbons (Fsp3) is 0.476. The van der Waals surface area contributed by atoms with Gasteiger partial charge in [-0.05, 0) is 38.8 Å². The number of nitrogens with zero attached hydrogens (tertiary/aromatic N) is 2. The van der Waals surface area contributed by atoms with E-state index in [0.29, 0.717) is 17.4 Å². The molecule has 29 heavy (non-hydrogen) atoms. The van der Waals surface area contributed by atoms with Crippen molar-refractivity contribution in [2.45, 2.75) is 52.1 Å². The summed E-state index contributed by atoms with van der Waals surface area (Å²) in [7, 11) is 0. The fourth-order valence-electron chi connectivity index (χ4n) is 3.72. The van der Waals surface area contributed by atoms with Crippen molar-refractivity contribution in [2.24, 2.45) is 0 Å². The summed E-state index contributed by atoms with van der Waals surface area (Å²) >= 11 is 7.31. The van der Waals surface area contributed by atoms with Gasteiger partial charge in [-0.3, -0.25) is 14.4 Å². The molecule has 1 fully saturated rings. The lowest BCUT2D eigenvalue weighted by Gasteiger charge is -2.21. The van der Waals surface area contributed by atoms with Crippen LogP contribution in [0.25, 0.3) is 0 Å². The number of halogens is 1. The molecule has 1 aliphatic rings. The van der Waals surface area contributed by atoms with Crippen LogP contribution in [0.5, 0.6) is 0 Å². The predicted octanol–water partition coefficient (Wildman–Crippen LogP) is 4.09. The SMILES string of the molecule is CCN(CC)C(=O)c1cn(C2CCCC2)cc(C(=O)NCc2ccc(Cl)s2)c1=O. The van der Waals surface area contributed by atoms with E-state index in [4.69, 9.17) is 11.6 Å². The predicted molar refractivity (Wildman–Crippen MR) is 116 cm³/mol. The minimum absolute atomic E-state index is 0.0116. The molecule has 2 amide bonds. The van der Waals surface area contributed by atoms with Gasteiger partial charge in [0.1, 0.15) is 11.1 Å². The van der Waals surface area contributed by atoms with Crippen LogP contribution in [-0.4, -0.2) is 34.4 Å². The Hall–Kier alpha value is -2.12. The Kier molecular flexibility index (Phi) is 7.14. The summed E-state index contributed by atoms with van der Waals surface area (Å²) in [6.45, 7) is 5.05. The average molecular weight is 436 g/mol. The molecule has 0 bridgehead atoms. The van der Waals surface area contributed by atoms with Crippen LogP contribution >= 0.6 is 22.9 Å². The van der Waals surface area contributed by atoms with Crippen molar-refractivity contribution in [2.75, 3.05) is 13.1 Å². The summed E-state index contributed by atoms with van der Waals surface area (Å²) in [4.78, 5) is 41.3. The normalized spacial score (nSPS) is 14.2. The molecule has 0 aliphatic heterocycles. The first kappa shape index (κ1) is 21.6. The van der Waals surface area contributed by atoms with E-state index in [2.05, 4.69) is 5.32 Å². The second-order valence-corrected chi connectivity index (χ2v) is 8.97. The number of nitrogens with one attached hydrogen (secondary N) is 1. The number of pyridine rings is 1. The summed E-state index contributed by atoms with van der Waals surface area (Å²) in [5.74, 6) is -0.799. The molecule has 0 unspecified atom stereocenters. The summed E-state index contributed by atoms with van der Waals surface area (Å²) in [5.41, 5.74) is -0.442. The Morgan fingerprint density at radius 1 is 1.17 bits per heavy atom. The van der Waals surface area contributed by atoms with Gasteiger partial charge in [-0.1, -0.05) is 24.4 Å². The van der Waals surface area contributed by atoms with Crippen LogP contribution in [0.15, 0.2) is 29.3 Å². The maximum atomic E-state index is 13.0. The fourth-order valence-corrected chi connectivity index (χ4v) is 4.74. The van der Waals surface area contributed by atoms with E-state index >= 15 is 0 Å². The Morgan fingerprint density at radius 2 is 1.83 bits per heavy atom. The molecule has 6 nitrogen and oxygen atoms in total. The average Bonchev–Trinajstić information content (AvgIpc) is 3.39. The zero-order valence-electron chi connectivity index (χ0n) is 16.7. The molecule has 0 aromatic carbocycles. The van der Waals surface area contributed by atoms with Gasteiger partial charge >= 0.3 is 0 Å². The molecule has 3 rings (SSSR count). The van der Waals surface area contributed by atoms with Crippen molar-refractivity contribution < 1.29 is 9.59 Å². The molecule has 1 aliphatic carbocycles. The van der Waals surface area contributed by atoms with E-state index in [1.807, 2.05) is 24.5 Å². The minimum atomic E-state index is -0.516. The standard InChI is InChI=1S/C21H26ClN3O3S/c1-3-24(4-2)21(28)17-13-25(14-7-5-6-8-14)12-16(19(17)26)20(27)23-11-15-9-10-18(22)29-15/h9-10,12-14H,3-8,11H2,1-2H3,(H,23,27). The largest absolute Gasteiger partial charge is 0.349 e. The molecule has 0 saturated heterocycles. The maximum Gasteiger partial charge on any atom is 0.259 e. The zero-order valence-corrected chi connectivity index (χ0v) is 18.3.